The van der Waals surface area contributed by atoms with E-state index in [1.165, 1.54) is 23.1 Å². The quantitative estimate of drug-likeness (QED) is 0.304. The summed E-state index contributed by atoms with van der Waals surface area (Å²) in [5.41, 5.74) is 2.57. The van der Waals surface area contributed by atoms with Crippen molar-refractivity contribution >= 4 is 55.0 Å². The zero-order valence-corrected chi connectivity index (χ0v) is 19.9. The number of anilines is 1. The molecule has 1 saturated carbocycles. The van der Waals surface area contributed by atoms with Crippen molar-refractivity contribution in [3.05, 3.63) is 35.7 Å². The Kier molecular flexibility index (Phi) is 5.54. The first kappa shape index (κ1) is 21.5. The molecule has 2 fully saturated rings. The van der Waals surface area contributed by atoms with Crippen molar-refractivity contribution < 1.29 is 13.2 Å². The van der Waals surface area contributed by atoms with Crippen LogP contribution in [0.5, 0.6) is 0 Å². The summed E-state index contributed by atoms with van der Waals surface area (Å²) in [6.07, 6.45) is 4.36. The van der Waals surface area contributed by atoms with E-state index in [0.717, 1.165) is 22.9 Å². The SMILES string of the molecule is C=CCSc1nnc(NC(=O)c2cc(C3CC3)nc3c2c(C)nn3C2CCS(=O)(=O)C2)s1. The molecule has 1 N–H and O–H groups in total. The molecule has 1 unspecified atom stereocenters. The predicted molar refractivity (Wildman–Crippen MR) is 125 cm³/mol. The van der Waals surface area contributed by atoms with Crippen molar-refractivity contribution in [2.45, 2.75) is 42.5 Å². The van der Waals surface area contributed by atoms with E-state index in [1.807, 2.05) is 13.0 Å². The van der Waals surface area contributed by atoms with Gasteiger partial charge >= 0.3 is 0 Å². The molecule has 5 rings (SSSR count). The fraction of sp³-hybridized carbons (Fsp3) is 0.450. The molecule has 0 radical (unpaired) electrons. The molecule has 1 amide bonds. The molecule has 0 bridgehead atoms. The van der Waals surface area contributed by atoms with Gasteiger partial charge in [-0.25, -0.2) is 18.1 Å². The minimum atomic E-state index is -3.08. The highest BCUT2D eigenvalue weighted by molar-refractivity contribution is 8.01. The van der Waals surface area contributed by atoms with Crippen LogP contribution in [-0.4, -0.2) is 56.5 Å². The van der Waals surface area contributed by atoms with Gasteiger partial charge in [0.2, 0.25) is 5.13 Å². The zero-order valence-electron chi connectivity index (χ0n) is 17.4. The molecule has 0 spiro atoms. The number of rotatable bonds is 7. The summed E-state index contributed by atoms with van der Waals surface area (Å²) in [7, 11) is -3.08. The van der Waals surface area contributed by atoms with Crippen molar-refractivity contribution in [1.29, 1.82) is 0 Å². The van der Waals surface area contributed by atoms with Gasteiger partial charge < -0.3 is 0 Å². The van der Waals surface area contributed by atoms with Gasteiger partial charge in [0.25, 0.3) is 5.91 Å². The van der Waals surface area contributed by atoms with E-state index in [1.54, 1.807) is 10.8 Å². The molecule has 4 heterocycles. The lowest BCUT2D eigenvalue weighted by Gasteiger charge is -2.11. The number of aryl methyl sites for hydroxylation is 1. The van der Waals surface area contributed by atoms with Crippen LogP contribution in [-0.2, 0) is 9.84 Å². The average Bonchev–Trinajstić information content (AvgIpc) is 3.29. The van der Waals surface area contributed by atoms with Crippen LogP contribution in [0.2, 0.25) is 0 Å². The first-order chi connectivity index (χ1) is 15.3. The number of sulfone groups is 1. The minimum absolute atomic E-state index is 0.0516. The van der Waals surface area contributed by atoms with Crippen LogP contribution in [0.15, 0.2) is 23.1 Å². The van der Waals surface area contributed by atoms with Crippen LogP contribution in [0.1, 0.15) is 53.0 Å². The second kappa shape index (κ2) is 8.23. The Hall–Kier alpha value is -2.31. The summed E-state index contributed by atoms with van der Waals surface area (Å²) in [5.74, 6) is 0.948. The van der Waals surface area contributed by atoms with E-state index in [-0.39, 0.29) is 23.5 Å². The van der Waals surface area contributed by atoms with Gasteiger partial charge in [-0.15, -0.1) is 16.8 Å². The molecule has 2 aliphatic rings. The molecule has 3 aromatic rings. The molecule has 1 saturated heterocycles. The molecule has 1 atom stereocenters. The number of hydrogen-bond acceptors (Lipinski definition) is 9. The zero-order chi connectivity index (χ0) is 22.5. The summed E-state index contributed by atoms with van der Waals surface area (Å²) < 4.78 is 26.6. The van der Waals surface area contributed by atoms with Gasteiger partial charge in [-0.05, 0) is 32.3 Å². The Bertz CT molecular complexity index is 1330. The van der Waals surface area contributed by atoms with Crippen molar-refractivity contribution in [2.24, 2.45) is 0 Å². The highest BCUT2D eigenvalue weighted by atomic mass is 32.2. The van der Waals surface area contributed by atoms with Gasteiger partial charge in [0, 0.05) is 17.4 Å². The van der Waals surface area contributed by atoms with Crippen LogP contribution in [0.25, 0.3) is 11.0 Å². The molecule has 32 heavy (non-hydrogen) atoms. The van der Waals surface area contributed by atoms with Gasteiger partial charge in [-0.1, -0.05) is 29.2 Å². The van der Waals surface area contributed by atoms with Crippen LogP contribution >= 0.6 is 23.1 Å². The Morgan fingerprint density at radius 1 is 1.38 bits per heavy atom. The third-order valence-electron chi connectivity index (χ3n) is 5.60. The van der Waals surface area contributed by atoms with Crippen LogP contribution in [0.3, 0.4) is 0 Å². The van der Waals surface area contributed by atoms with E-state index in [4.69, 9.17) is 4.98 Å². The van der Waals surface area contributed by atoms with Gasteiger partial charge in [-0.3, -0.25) is 10.1 Å². The Labute approximate surface area is 193 Å². The third kappa shape index (κ3) is 4.18. The number of nitrogens with zero attached hydrogens (tertiary/aromatic N) is 5. The highest BCUT2D eigenvalue weighted by Gasteiger charge is 2.34. The van der Waals surface area contributed by atoms with Gasteiger partial charge in [0.1, 0.15) is 0 Å². The maximum absolute atomic E-state index is 13.3. The second-order valence-electron chi connectivity index (χ2n) is 8.08. The number of thioether (sulfide) groups is 1. The molecular formula is C20H22N6O3S3. The van der Waals surface area contributed by atoms with Crippen molar-refractivity contribution in [1.82, 2.24) is 25.0 Å². The molecule has 1 aliphatic heterocycles. The number of carbonyl (C=O) groups excluding carboxylic acids is 1. The molecule has 9 nitrogen and oxygen atoms in total. The Morgan fingerprint density at radius 2 is 2.19 bits per heavy atom. The van der Waals surface area contributed by atoms with E-state index < -0.39 is 9.84 Å². The minimum Gasteiger partial charge on any atom is -0.296 e. The fourth-order valence-electron chi connectivity index (χ4n) is 3.94. The summed E-state index contributed by atoms with van der Waals surface area (Å²) in [6, 6.07) is 1.58. The van der Waals surface area contributed by atoms with E-state index in [2.05, 4.69) is 27.2 Å². The maximum atomic E-state index is 13.3. The topological polar surface area (TPSA) is 120 Å². The van der Waals surface area contributed by atoms with E-state index in [0.29, 0.717) is 45.5 Å². The summed E-state index contributed by atoms with van der Waals surface area (Å²) in [4.78, 5) is 18.1. The summed E-state index contributed by atoms with van der Waals surface area (Å²) in [6.45, 7) is 5.52. The third-order valence-corrected chi connectivity index (χ3v) is 9.32. The number of nitrogens with one attached hydrogen (secondary N) is 1. The van der Waals surface area contributed by atoms with Crippen molar-refractivity contribution in [3.63, 3.8) is 0 Å². The monoisotopic (exact) mass is 490 g/mol. The van der Waals surface area contributed by atoms with Gasteiger partial charge in [0.15, 0.2) is 19.8 Å². The smallest absolute Gasteiger partial charge is 0.258 e. The maximum Gasteiger partial charge on any atom is 0.258 e. The molecule has 0 aromatic carbocycles. The molecular weight excluding hydrogens is 468 g/mol. The first-order valence-electron chi connectivity index (χ1n) is 10.3. The lowest BCUT2D eigenvalue weighted by Crippen LogP contribution is -2.15. The molecule has 12 heteroatoms. The van der Waals surface area contributed by atoms with Gasteiger partial charge in [0.05, 0.1) is 34.2 Å². The van der Waals surface area contributed by atoms with Crippen LogP contribution in [0, 0.1) is 6.92 Å². The highest BCUT2D eigenvalue weighted by Crippen LogP contribution is 2.41. The van der Waals surface area contributed by atoms with Crippen molar-refractivity contribution in [3.8, 4) is 0 Å². The van der Waals surface area contributed by atoms with Crippen molar-refractivity contribution in [2.75, 3.05) is 22.6 Å². The summed E-state index contributed by atoms with van der Waals surface area (Å²) in [5, 5.41) is 16.7. The van der Waals surface area contributed by atoms with Gasteiger partial charge in [-0.2, -0.15) is 5.10 Å². The number of pyridine rings is 1. The Balaban J connectivity index is 1.52. The second-order valence-corrected chi connectivity index (χ2v) is 12.6. The molecule has 3 aromatic heterocycles. The van der Waals surface area contributed by atoms with Crippen LogP contribution in [0.4, 0.5) is 5.13 Å². The largest absolute Gasteiger partial charge is 0.296 e. The number of amides is 1. The number of aromatic nitrogens is 5. The molecule has 168 valence electrons. The van der Waals surface area contributed by atoms with Crippen LogP contribution < -0.4 is 5.32 Å². The number of carbonyl (C=O) groups is 1. The van der Waals surface area contributed by atoms with E-state index >= 15 is 0 Å². The normalized spacial score (nSPS) is 20.0. The lowest BCUT2D eigenvalue weighted by molar-refractivity contribution is 0.102. The Morgan fingerprint density at radius 3 is 2.88 bits per heavy atom. The number of fused-ring (bicyclic) bond motifs is 1. The summed E-state index contributed by atoms with van der Waals surface area (Å²) >= 11 is 2.82. The lowest BCUT2D eigenvalue weighted by atomic mass is 10.1. The van der Waals surface area contributed by atoms with E-state index in [9.17, 15) is 13.2 Å². The first-order valence-corrected chi connectivity index (χ1v) is 14.0. The molecule has 1 aliphatic carbocycles. The fourth-order valence-corrected chi connectivity index (χ4v) is 7.14. The predicted octanol–water partition coefficient (Wildman–Crippen LogP) is 3.36. The number of hydrogen-bond donors (Lipinski definition) is 1. The average molecular weight is 491 g/mol. The standard InChI is InChI=1S/C20H22N6O3S3/c1-3-7-30-20-24-23-19(31-20)22-18(27)14-9-15(12-4-5-12)21-17-16(14)11(2)25-26(17)13-6-8-32(28,29)10-13/h3,9,12-13H,1,4-8,10H2,2H3,(H,22,23,27).